The molecule has 4 nitrogen and oxygen atoms in total. The molecule has 100 valence electrons. The van der Waals surface area contributed by atoms with E-state index in [4.69, 9.17) is 0 Å². The predicted molar refractivity (Wildman–Crippen MR) is 73.6 cm³/mol. The summed E-state index contributed by atoms with van der Waals surface area (Å²) in [6, 6.07) is 13.9. The number of phenolic OH excluding ortho intramolecular Hbond substituents is 1. The maximum atomic E-state index is 12.6. The molecule has 0 amide bonds. The third-order valence-electron chi connectivity index (χ3n) is 3.11. The molecule has 5 heteroatoms. The van der Waals surface area contributed by atoms with E-state index in [9.17, 15) is 19.7 Å². The van der Waals surface area contributed by atoms with Gasteiger partial charge in [0.25, 0.3) is 7.37 Å². The van der Waals surface area contributed by atoms with Crippen LogP contribution in [0, 0.1) is 0 Å². The fourth-order valence-electron chi connectivity index (χ4n) is 1.92. The zero-order valence-corrected chi connectivity index (χ0v) is 11.3. The second kappa shape index (κ2) is 4.82. The summed E-state index contributed by atoms with van der Waals surface area (Å²) in [5.74, 6) is -0.210. The number of rotatable bonds is 3. The lowest BCUT2D eigenvalue weighted by Gasteiger charge is -2.30. The molecule has 0 saturated carbocycles. The summed E-state index contributed by atoms with van der Waals surface area (Å²) in [5.41, 5.74) is 0.0321. The van der Waals surface area contributed by atoms with Crippen molar-refractivity contribution in [2.24, 2.45) is 0 Å². The van der Waals surface area contributed by atoms with E-state index < -0.39 is 12.7 Å². The van der Waals surface area contributed by atoms with E-state index in [-0.39, 0.29) is 16.6 Å². The van der Waals surface area contributed by atoms with Crippen LogP contribution in [-0.2, 0) is 9.91 Å². The predicted octanol–water partition coefficient (Wildman–Crippen LogP) is 2.15. The van der Waals surface area contributed by atoms with Gasteiger partial charge in [-0.25, -0.2) is 0 Å². The van der Waals surface area contributed by atoms with Gasteiger partial charge in [0, 0.05) is 10.9 Å². The van der Waals surface area contributed by atoms with Gasteiger partial charge in [-0.05, 0) is 25.1 Å². The molecule has 2 rings (SSSR count). The van der Waals surface area contributed by atoms with Crippen molar-refractivity contribution < 1.29 is 19.7 Å². The van der Waals surface area contributed by atoms with Crippen molar-refractivity contribution >= 4 is 12.7 Å². The molecule has 0 bridgehead atoms. The first-order chi connectivity index (χ1) is 8.87. The fraction of sp³-hybridized carbons (Fsp3) is 0.143. The standard InChI is InChI=1S/C14H15O4P/c1-14(16,12-9-5-6-10-13(12)15)19(17,18)11-7-3-2-4-8-11/h2-10,15-16H,1H3,(H,17,18). The van der Waals surface area contributed by atoms with Gasteiger partial charge in [0.1, 0.15) is 5.75 Å². The molecule has 0 saturated heterocycles. The van der Waals surface area contributed by atoms with Crippen molar-refractivity contribution in [3.8, 4) is 5.75 Å². The summed E-state index contributed by atoms with van der Waals surface area (Å²) in [4.78, 5) is 10.3. The van der Waals surface area contributed by atoms with Crippen LogP contribution < -0.4 is 5.30 Å². The van der Waals surface area contributed by atoms with E-state index >= 15 is 0 Å². The van der Waals surface area contributed by atoms with Crippen LogP contribution in [0.2, 0.25) is 0 Å². The zero-order valence-electron chi connectivity index (χ0n) is 10.4. The van der Waals surface area contributed by atoms with Gasteiger partial charge in [0.15, 0.2) is 5.34 Å². The summed E-state index contributed by atoms with van der Waals surface area (Å²) in [7, 11) is -4.10. The Morgan fingerprint density at radius 1 is 1.00 bits per heavy atom. The Bertz CT molecular complexity index is 622. The molecule has 2 unspecified atom stereocenters. The highest BCUT2D eigenvalue weighted by molar-refractivity contribution is 7.67. The third kappa shape index (κ3) is 2.30. The lowest BCUT2D eigenvalue weighted by Crippen LogP contribution is -2.27. The van der Waals surface area contributed by atoms with Crippen molar-refractivity contribution in [3.05, 3.63) is 60.2 Å². The van der Waals surface area contributed by atoms with Crippen molar-refractivity contribution in [2.45, 2.75) is 12.3 Å². The molecule has 0 heterocycles. The number of phenols is 1. The summed E-state index contributed by atoms with van der Waals surface area (Å²) >= 11 is 0. The lowest BCUT2D eigenvalue weighted by atomic mass is 10.1. The van der Waals surface area contributed by atoms with Crippen molar-refractivity contribution in [3.63, 3.8) is 0 Å². The van der Waals surface area contributed by atoms with Crippen LogP contribution in [0.3, 0.4) is 0 Å². The molecule has 0 aliphatic heterocycles. The Balaban J connectivity index is 2.56. The largest absolute Gasteiger partial charge is 0.508 e. The summed E-state index contributed by atoms with van der Waals surface area (Å²) in [6.07, 6.45) is 0. The van der Waals surface area contributed by atoms with Gasteiger partial charge < -0.3 is 15.1 Å². The minimum absolute atomic E-state index is 0.0321. The quantitative estimate of drug-likeness (QED) is 0.752. The van der Waals surface area contributed by atoms with Crippen LogP contribution in [0.5, 0.6) is 5.75 Å². The van der Waals surface area contributed by atoms with Gasteiger partial charge in [-0.15, -0.1) is 0 Å². The van der Waals surface area contributed by atoms with Gasteiger partial charge in [0.2, 0.25) is 0 Å². The van der Waals surface area contributed by atoms with E-state index in [1.165, 1.54) is 31.2 Å². The molecule has 19 heavy (non-hydrogen) atoms. The van der Waals surface area contributed by atoms with Crippen LogP contribution in [-0.4, -0.2) is 15.1 Å². The molecule has 0 aliphatic carbocycles. The molecule has 0 aromatic heterocycles. The first-order valence-corrected chi connectivity index (χ1v) is 7.42. The molecule has 2 aromatic rings. The van der Waals surface area contributed by atoms with Gasteiger partial charge in [0.05, 0.1) is 0 Å². The van der Waals surface area contributed by atoms with Crippen molar-refractivity contribution in [1.82, 2.24) is 0 Å². The summed E-state index contributed by atoms with van der Waals surface area (Å²) in [6.45, 7) is 1.23. The topological polar surface area (TPSA) is 77.8 Å². The number of benzene rings is 2. The smallest absolute Gasteiger partial charge is 0.264 e. The first kappa shape index (κ1) is 13.8. The Morgan fingerprint density at radius 3 is 2.11 bits per heavy atom. The summed E-state index contributed by atoms with van der Waals surface area (Å²) < 4.78 is 12.6. The molecule has 3 N–H and O–H groups in total. The van der Waals surface area contributed by atoms with Gasteiger partial charge in [-0.2, -0.15) is 0 Å². The average molecular weight is 278 g/mol. The number of para-hydroxylation sites is 1. The van der Waals surface area contributed by atoms with Gasteiger partial charge in [-0.1, -0.05) is 36.4 Å². The van der Waals surface area contributed by atoms with Gasteiger partial charge in [-0.3, -0.25) is 4.57 Å². The second-order valence-electron chi connectivity index (χ2n) is 4.45. The maximum absolute atomic E-state index is 12.6. The highest BCUT2D eigenvalue weighted by atomic mass is 31.2. The monoisotopic (exact) mass is 278 g/mol. The van der Waals surface area contributed by atoms with Crippen LogP contribution in [0.1, 0.15) is 12.5 Å². The lowest BCUT2D eigenvalue weighted by molar-refractivity contribution is 0.128. The second-order valence-corrected chi connectivity index (χ2v) is 6.99. The maximum Gasteiger partial charge on any atom is 0.264 e. The van der Waals surface area contributed by atoms with Crippen molar-refractivity contribution in [1.29, 1.82) is 0 Å². The highest BCUT2D eigenvalue weighted by Crippen LogP contribution is 2.58. The van der Waals surface area contributed by atoms with E-state index in [0.29, 0.717) is 0 Å². The molecular formula is C14H15O4P. The van der Waals surface area contributed by atoms with E-state index in [1.54, 1.807) is 30.3 Å². The van der Waals surface area contributed by atoms with Gasteiger partial charge >= 0.3 is 0 Å². The molecular weight excluding hydrogens is 263 g/mol. The Morgan fingerprint density at radius 2 is 1.53 bits per heavy atom. The molecule has 0 radical (unpaired) electrons. The fourth-order valence-corrected chi connectivity index (χ4v) is 3.51. The summed E-state index contributed by atoms with van der Waals surface area (Å²) in [5, 5.41) is 18.3. The molecule has 0 spiro atoms. The van der Waals surface area contributed by atoms with Crippen LogP contribution >= 0.6 is 7.37 Å². The van der Waals surface area contributed by atoms with Crippen LogP contribution in [0.15, 0.2) is 54.6 Å². The zero-order chi connectivity index (χ0) is 14.1. The number of hydrogen-bond acceptors (Lipinski definition) is 3. The van der Waals surface area contributed by atoms with Crippen LogP contribution in [0.4, 0.5) is 0 Å². The molecule has 0 fully saturated rings. The molecule has 0 aliphatic rings. The highest BCUT2D eigenvalue weighted by Gasteiger charge is 2.45. The Labute approximate surface area is 111 Å². The number of aromatic hydroxyl groups is 1. The van der Waals surface area contributed by atoms with Crippen LogP contribution in [0.25, 0.3) is 0 Å². The number of aliphatic hydroxyl groups is 1. The SMILES string of the molecule is CC(O)(c1ccccc1O)P(=O)(O)c1ccccc1. The Kier molecular flexibility index (Phi) is 3.50. The number of hydrogen-bond donors (Lipinski definition) is 3. The normalized spacial score (nSPS) is 17.4. The van der Waals surface area contributed by atoms with E-state index in [2.05, 4.69) is 0 Å². The van der Waals surface area contributed by atoms with E-state index in [0.717, 1.165) is 0 Å². The minimum atomic E-state index is -4.10. The first-order valence-electron chi connectivity index (χ1n) is 5.77. The molecule has 2 aromatic carbocycles. The minimum Gasteiger partial charge on any atom is -0.508 e. The third-order valence-corrected chi connectivity index (χ3v) is 5.53. The Hall–Kier alpha value is -1.61. The molecule has 2 atom stereocenters. The van der Waals surface area contributed by atoms with Crippen molar-refractivity contribution in [2.75, 3.05) is 0 Å². The van der Waals surface area contributed by atoms with E-state index in [1.807, 2.05) is 0 Å². The average Bonchev–Trinajstić information content (AvgIpc) is 2.40.